The van der Waals surface area contributed by atoms with Gasteiger partial charge in [0.2, 0.25) is 0 Å². The van der Waals surface area contributed by atoms with Crippen molar-refractivity contribution in [3.8, 4) is 0 Å². The molecule has 1 aromatic carbocycles. The van der Waals surface area contributed by atoms with Gasteiger partial charge in [-0.05, 0) is 43.4 Å². The molecular weight excluding hydrogens is 521 g/mol. The van der Waals surface area contributed by atoms with Crippen LogP contribution in [0.25, 0.3) is 0 Å². The molecule has 0 radical (unpaired) electrons. The van der Waals surface area contributed by atoms with Gasteiger partial charge in [0.05, 0.1) is 6.61 Å². The van der Waals surface area contributed by atoms with Crippen LogP contribution in [0, 0.1) is 5.41 Å². The molecule has 2 aliphatic rings. The molecule has 152 valence electrons. The highest BCUT2D eigenvalue weighted by molar-refractivity contribution is 14.0. The Kier molecular flexibility index (Phi) is 8.83. The van der Waals surface area contributed by atoms with Gasteiger partial charge < -0.3 is 20.5 Å². The Labute approximate surface area is 187 Å². The fraction of sp³-hybridized carbons (Fsp3) is 0.650. The lowest BCUT2D eigenvalue weighted by Crippen LogP contribution is -2.50. The maximum atomic E-state index is 9.38. The van der Waals surface area contributed by atoms with E-state index in [9.17, 15) is 5.11 Å². The van der Waals surface area contributed by atoms with Crippen LogP contribution in [0.5, 0.6) is 0 Å². The van der Waals surface area contributed by atoms with Crippen molar-refractivity contribution in [3.63, 3.8) is 0 Å². The predicted octanol–water partition coefficient (Wildman–Crippen LogP) is 3.44. The Hall–Kier alpha value is -0.380. The van der Waals surface area contributed by atoms with Crippen molar-refractivity contribution in [2.45, 2.75) is 37.5 Å². The van der Waals surface area contributed by atoms with E-state index in [-0.39, 0.29) is 41.4 Å². The van der Waals surface area contributed by atoms with E-state index in [1.54, 1.807) is 0 Å². The van der Waals surface area contributed by atoms with Crippen molar-refractivity contribution in [1.82, 2.24) is 10.6 Å². The first-order valence-electron chi connectivity index (χ1n) is 9.51. The SMILES string of the molecule is CN=C(NCC1(CCO)CCOC1)NCC1(c2ccc(Br)cc2)CCC1.I. The van der Waals surface area contributed by atoms with Crippen molar-refractivity contribution >= 4 is 45.9 Å². The smallest absolute Gasteiger partial charge is 0.191 e. The van der Waals surface area contributed by atoms with Gasteiger partial charge in [-0.25, -0.2) is 0 Å². The van der Waals surface area contributed by atoms with Gasteiger partial charge in [-0.3, -0.25) is 4.99 Å². The molecule has 1 unspecified atom stereocenters. The number of rotatable bonds is 7. The Morgan fingerprint density at radius 3 is 2.41 bits per heavy atom. The normalized spacial score (nSPS) is 24.0. The fourth-order valence-electron chi connectivity index (χ4n) is 4.03. The summed E-state index contributed by atoms with van der Waals surface area (Å²) in [6.07, 6.45) is 5.45. The zero-order valence-electron chi connectivity index (χ0n) is 16.0. The number of ether oxygens (including phenoxy) is 1. The molecule has 0 spiro atoms. The second-order valence-electron chi connectivity index (χ2n) is 7.70. The molecule has 2 fully saturated rings. The summed E-state index contributed by atoms with van der Waals surface area (Å²) in [6, 6.07) is 8.71. The highest BCUT2D eigenvalue weighted by Gasteiger charge is 2.39. The van der Waals surface area contributed by atoms with E-state index in [4.69, 9.17) is 4.74 Å². The van der Waals surface area contributed by atoms with Gasteiger partial charge in [0.1, 0.15) is 0 Å². The number of hydrogen-bond donors (Lipinski definition) is 3. The highest BCUT2D eigenvalue weighted by Crippen LogP contribution is 2.43. The molecule has 7 heteroatoms. The van der Waals surface area contributed by atoms with Crippen LogP contribution in [0.15, 0.2) is 33.7 Å². The second kappa shape index (κ2) is 10.4. The van der Waals surface area contributed by atoms with Crippen LogP contribution in [-0.4, -0.2) is 51.0 Å². The molecule has 1 aromatic rings. The van der Waals surface area contributed by atoms with Gasteiger partial charge in [0, 0.05) is 48.7 Å². The standard InChI is InChI=1S/C20H30BrN3O2.HI/c1-22-18(23-13-19(9-11-25)10-12-26-15-19)24-14-20(7-2-8-20)16-3-5-17(21)6-4-16;/h3-6,25H,2,7-15H2,1H3,(H2,22,23,24);1H. The summed E-state index contributed by atoms with van der Waals surface area (Å²) in [5, 5.41) is 16.4. The van der Waals surface area contributed by atoms with Gasteiger partial charge in [0.25, 0.3) is 0 Å². The van der Waals surface area contributed by atoms with Crippen LogP contribution in [0.2, 0.25) is 0 Å². The molecule has 27 heavy (non-hydrogen) atoms. The summed E-state index contributed by atoms with van der Waals surface area (Å²) in [7, 11) is 1.81. The van der Waals surface area contributed by atoms with E-state index < -0.39 is 0 Å². The second-order valence-corrected chi connectivity index (χ2v) is 8.61. The van der Waals surface area contributed by atoms with Crippen molar-refractivity contribution in [3.05, 3.63) is 34.3 Å². The number of hydrogen-bond acceptors (Lipinski definition) is 3. The maximum Gasteiger partial charge on any atom is 0.191 e. The number of nitrogens with one attached hydrogen (secondary N) is 2. The molecule has 1 aliphatic heterocycles. The number of benzene rings is 1. The van der Waals surface area contributed by atoms with Crippen molar-refractivity contribution in [1.29, 1.82) is 0 Å². The first-order chi connectivity index (χ1) is 12.6. The summed E-state index contributed by atoms with van der Waals surface area (Å²) >= 11 is 3.52. The lowest BCUT2D eigenvalue weighted by atomic mass is 9.64. The Balaban J connectivity index is 0.00000261. The topological polar surface area (TPSA) is 65.9 Å². The number of aliphatic hydroxyl groups excluding tert-OH is 1. The summed E-state index contributed by atoms with van der Waals surface area (Å²) in [5.74, 6) is 0.831. The van der Waals surface area contributed by atoms with E-state index in [1.807, 2.05) is 7.05 Å². The molecule has 0 aromatic heterocycles. The van der Waals surface area contributed by atoms with Crippen molar-refractivity contribution < 1.29 is 9.84 Å². The molecule has 0 bridgehead atoms. The lowest BCUT2D eigenvalue weighted by Gasteiger charge is -2.43. The van der Waals surface area contributed by atoms with E-state index in [0.29, 0.717) is 6.61 Å². The maximum absolute atomic E-state index is 9.38. The highest BCUT2D eigenvalue weighted by atomic mass is 127. The van der Waals surface area contributed by atoms with Crippen LogP contribution in [0.4, 0.5) is 0 Å². The first kappa shape index (κ1) is 22.9. The van der Waals surface area contributed by atoms with Crippen molar-refractivity contribution in [2.75, 3.05) is 40.0 Å². The van der Waals surface area contributed by atoms with E-state index in [1.165, 1.54) is 24.8 Å². The third kappa shape index (κ3) is 5.58. The molecule has 5 nitrogen and oxygen atoms in total. The number of guanidine groups is 1. The molecule has 1 saturated heterocycles. The minimum absolute atomic E-state index is 0. The average molecular weight is 552 g/mol. The molecule has 1 saturated carbocycles. The quantitative estimate of drug-likeness (QED) is 0.276. The molecule has 3 rings (SSSR count). The third-order valence-corrected chi connectivity index (χ3v) is 6.57. The van der Waals surface area contributed by atoms with Crippen LogP contribution < -0.4 is 10.6 Å². The third-order valence-electron chi connectivity index (χ3n) is 6.04. The predicted molar refractivity (Wildman–Crippen MR) is 124 cm³/mol. The Bertz CT molecular complexity index is 614. The Morgan fingerprint density at radius 2 is 1.89 bits per heavy atom. The number of halogens is 2. The van der Waals surface area contributed by atoms with Gasteiger partial charge in [-0.1, -0.05) is 34.5 Å². The summed E-state index contributed by atoms with van der Waals surface area (Å²) in [4.78, 5) is 4.39. The van der Waals surface area contributed by atoms with Crippen LogP contribution in [-0.2, 0) is 10.2 Å². The van der Waals surface area contributed by atoms with Gasteiger partial charge in [-0.15, -0.1) is 24.0 Å². The molecule has 3 N–H and O–H groups in total. The van der Waals surface area contributed by atoms with Gasteiger partial charge in [0.15, 0.2) is 5.96 Å². The minimum Gasteiger partial charge on any atom is -0.396 e. The zero-order chi connectivity index (χ0) is 18.5. The van der Waals surface area contributed by atoms with Gasteiger partial charge in [-0.2, -0.15) is 0 Å². The minimum atomic E-state index is 0. The van der Waals surface area contributed by atoms with E-state index in [0.717, 1.165) is 43.0 Å². The molecule has 1 heterocycles. The molecule has 1 aliphatic carbocycles. The average Bonchev–Trinajstić information content (AvgIpc) is 3.07. The summed E-state index contributed by atoms with van der Waals surface area (Å²) < 4.78 is 6.69. The van der Waals surface area contributed by atoms with Crippen LogP contribution >= 0.6 is 39.9 Å². The van der Waals surface area contributed by atoms with E-state index in [2.05, 4.69) is 55.8 Å². The lowest BCUT2D eigenvalue weighted by molar-refractivity contribution is 0.127. The Morgan fingerprint density at radius 1 is 1.19 bits per heavy atom. The molecular formula is C20H31BrIN3O2. The van der Waals surface area contributed by atoms with E-state index >= 15 is 0 Å². The largest absolute Gasteiger partial charge is 0.396 e. The molecule has 0 amide bonds. The number of aliphatic hydroxyl groups is 1. The van der Waals surface area contributed by atoms with Crippen LogP contribution in [0.3, 0.4) is 0 Å². The van der Waals surface area contributed by atoms with Crippen LogP contribution in [0.1, 0.15) is 37.7 Å². The number of nitrogens with zero attached hydrogens (tertiary/aromatic N) is 1. The van der Waals surface area contributed by atoms with Gasteiger partial charge >= 0.3 is 0 Å². The van der Waals surface area contributed by atoms with Crippen molar-refractivity contribution in [2.24, 2.45) is 10.4 Å². The fourth-order valence-corrected chi connectivity index (χ4v) is 4.30. The summed E-state index contributed by atoms with van der Waals surface area (Å²) in [6.45, 7) is 3.35. The zero-order valence-corrected chi connectivity index (χ0v) is 19.9. The summed E-state index contributed by atoms with van der Waals surface area (Å²) in [5.41, 5.74) is 1.62. The monoisotopic (exact) mass is 551 g/mol. The molecule has 1 atom stereocenters. The number of aliphatic imine (C=N–C) groups is 1. The first-order valence-corrected chi connectivity index (χ1v) is 10.3.